The van der Waals surface area contributed by atoms with Gasteiger partial charge in [-0.3, -0.25) is 9.59 Å². The van der Waals surface area contributed by atoms with Gasteiger partial charge in [0.1, 0.15) is 97.8 Å². The van der Waals surface area contributed by atoms with Gasteiger partial charge in [-0.2, -0.15) is 0 Å². The lowest BCUT2D eigenvalue weighted by Gasteiger charge is -2.48. The first-order valence-corrected chi connectivity index (χ1v) is 52.9. The lowest BCUT2D eigenvalue weighted by Crippen LogP contribution is -2.68. The summed E-state index contributed by atoms with van der Waals surface area (Å²) in [5.74, 6) is -0.586. The maximum atomic E-state index is 15.0. The molecular formula is C98H174Cl6N2O31. The molecule has 2 heterocycles. The summed E-state index contributed by atoms with van der Waals surface area (Å²) in [6, 6.07) is 3.83. The first-order valence-electron chi connectivity index (χ1n) is 50.6. The van der Waals surface area contributed by atoms with Crippen LogP contribution in [0.5, 0.6) is 11.5 Å². The number of amides is 2. The summed E-state index contributed by atoms with van der Waals surface area (Å²) in [7, 11) is 1.54. The Morgan fingerprint density at radius 1 is 0.350 bits per heavy atom. The van der Waals surface area contributed by atoms with E-state index in [0.717, 1.165) is 89.9 Å². The van der Waals surface area contributed by atoms with Gasteiger partial charge in [-0.1, -0.05) is 230 Å². The molecule has 0 aliphatic carbocycles. The van der Waals surface area contributed by atoms with Gasteiger partial charge in [-0.15, -0.1) is 0 Å². The number of carbonyl (C=O) groups excluding carboxylic acids is 4. The molecule has 3 rings (SSSR count). The van der Waals surface area contributed by atoms with Crippen molar-refractivity contribution >= 4 is 93.7 Å². The molecule has 0 radical (unpaired) electrons. The van der Waals surface area contributed by atoms with E-state index in [4.69, 9.17) is 198 Å². The SMILES string of the molecule is CCCCOCC1O[C@@H](O[C@@H](C)C(COCCCC)O[C@H](Oc2ccc(OC)cc2)[C@@H](COCCCC)O[C@@H]2OC(COCCCC)[C@@H](O[C@H](OC(COCCCC)[C@@H](C)OCCCC)[C@H](COCCCC)OC(C)=O)C(OCCCC)[C@@H]2NC(=O)OCC(Cl)(Cl)Cl)[C@@H](NC(=O)OCC(Cl)(Cl)Cl)C(OCCCC)[C@@H]1O[C@H](OC(COCCCC)[C@@H](C)OCCCC)[C@H](COCCCC)OC(C)=O. The maximum Gasteiger partial charge on any atom is 0.407 e. The number of hydrogen-bond acceptors (Lipinski definition) is 31. The van der Waals surface area contributed by atoms with Crippen LogP contribution in [0.3, 0.4) is 0 Å². The fourth-order valence-corrected chi connectivity index (χ4v) is 14.1. The first kappa shape index (κ1) is 128. The van der Waals surface area contributed by atoms with Crippen LogP contribution in [0.15, 0.2) is 24.3 Å². The van der Waals surface area contributed by atoms with Crippen molar-refractivity contribution in [2.45, 2.75) is 414 Å². The van der Waals surface area contributed by atoms with E-state index in [1.54, 1.807) is 31.2 Å². The van der Waals surface area contributed by atoms with Gasteiger partial charge < -0.3 is 139 Å². The molecule has 2 aliphatic heterocycles. The second-order valence-electron chi connectivity index (χ2n) is 34.4. The molecule has 7 unspecified atom stereocenters. The number of ether oxygens (including phenoxy) is 27. The van der Waals surface area contributed by atoms with Crippen LogP contribution in [0.4, 0.5) is 9.59 Å². The van der Waals surface area contributed by atoms with Gasteiger partial charge in [0.25, 0.3) is 0 Å². The number of hydrogen-bond donors (Lipinski definition) is 2. The molecular weight excluding hydrogens is 1910 g/mol. The number of carbonyl (C=O) groups is 4. The van der Waals surface area contributed by atoms with Crippen LogP contribution in [-0.2, 0) is 128 Å². The van der Waals surface area contributed by atoms with Gasteiger partial charge in [0.2, 0.25) is 13.9 Å². The third-order valence-electron chi connectivity index (χ3n) is 22.0. The lowest BCUT2D eigenvalue weighted by molar-refractivity contribution is -0.350. The number of halogens is 6. The minimum Gasteiger partial charge on any atom is -0.497 e. The Balaban J connectivity index is 2.72. The summed E-state index contributed by atoms with van der Waals surface area (Å²) in [6.45, 7) is 33.3. The van der Waals surface area contributed by atoms with E-state index in [0.29, 0.717) is 110 Å². The highest BCUT2D eigenvalue weighted by atomic mass is 35.6. The number of alkyl carbamates (subject to hydrolysis) is 2. The third kappa shape index (κ3) is 56.6. The normalized spacial score (nSPS) is 21.4. The predicted molar refractivity (Wildman–Crippen MR) is 526 cm³/mol. The largest absolute Gasteiger partial charge is 0.497 e. The minimum atomic E-state index is -2.09. The Labute approximate surface area is 849 Å². The average Bonchev–Trinajstić information content (AvgIpc) is 0.779. The zero-order valence-electron chi connectivity index (χ0n) is 85.5. The monoisotopic (exact) mass is 2090 g/mol. The molecule has 804 valence electrons. The predicted octanol–water partition coefficient (Wildman–Crippen LogP) is 19.3. The Hall–Kier alpha value is -2.80. The van der Waals surface area contributed by atoms with Crippen LogP contribution < -0.4 is 20.1 Å². The second-order valence-corrected chi connectivity index (χ2v) is 39.4. The highest BCUT2D eigenvalue weighted by Gasteiger charge is 2.55. The zero-order chi connectivity index (χ0) is 101. The molecule has 2 fully saturated rings. The van der Waals surface area contributed by atoms with Crippen LogP contribution in [0.25, 0.3) is 0 Å². The smallest absolute Gasteiger partial charge is 0.407 e. The first-order chi connectivity index (χ1) is 65.9. The van der Waals surface area contributed by atoms with Gasteiger partial charge in [0, 0.05) is 93.1 Å². The van der Waals surface area contributed by atoms with Crippen LogP contribution in [-0.4, -0.2) is 319 Å². The molecule has 137 heavy (non-hydrogen) atoms. The topological polar surface area (TPSA) is 342 Å². The maximum absolute atomic E-state index is 15.0. The number of rotatable bonds is 85. The summed E-state index contributed by atoms with van der Waals surface area (Å²) in [5.41, 5.74) is 0. The summed E-state index contributed by atoms with van der Waals surface area (Å²) >= 11 is 38.0. The van der Waals surface area contributed by atoms with Gasteiger partial charge in [0.15, 0.2) is 37.4 Å². The number of methoxy groups -OCH3 is 1. The molecule has 2 N–H and O–H groups in total. The van der Waals surface area contributed by atoms with E-state index in [-0.39, 0.29) is 98.2 Å². The number of benzene rings is 1. The molecule has 2 amide bonds. The minimum absolute atomic E-state index is 0.0386. The highest BCUT2D eigenvalue weighted by Crippen LogP contribution is 2.37. The summed E-state index contributed by atoms with van der Waals surface area (Å²) in [5, 5.41) is 5.96. The Bertz CT molecular complexity index is 3120. The molecule has 2 aliphatic rings. The van der Waals surface area contributed by atoms with Gasteiger partial charge in [-0.05, 0) is 122 Å². The van der Waals surface area contributed by atoms with Crippen molar-refractivity contribution < 1.29 is 147 Å². The Morgan fingerprint density at radius 3 is 0.971 bits per heavy atom. The zero-order valence-corrected chi connectivity index (χ0v) is 90.0. The van der Waals surface area contributed by atoms with Crippen molar-refractivity contribution in [1.29, 1.82) is 0 Å². The van der Waals surface area contributed by atoms with Crippen LogP contribution in [0, 0.1) is 0 Å². The molecule has 1 aromatic rings. The molecule has 22 atom stereocenters. The molecule has 1 aromatic carbocycles. The number of alkyl halides is 6. The van der Waals surface area contributed by atoms with E-state index in [2.05, 4.69) is 38.3 Å². The molecule has 33 nitrogen and oxygen atoms in total. The van der Waals surface area contributed by atoms with E-state index >= 15 is 0 Å². The molecule has 0 spiro atoms. The third-order valence-corrected chi connectivity index (χ3v) is 22.6. The summed E-state index contributed by atoms with van der Waals surface area (Å²) in [6.07, 6.45) is -9.73. The molecule has 39 heteroatoms. The van der Waals surface area contributed by atoms with E-state index in [1.165, 1.54) is 21.0 Å². The van der Waals surface area contributed by atoms with Crippen molar-refractivity contribution in [2.24, 2.45) is 0 Å². The van der Waals surface area contributed by atoms with Crippen LogP contribution in [0.2, 0.25) is 0 Å². The summed E-state index contributed by atoms with van der Waals surface area (Å²) < 4.78 is 178. The Kier molecular flexibility index (Phi) is 73.6. The average molecular weight is 2090 g/mol. The standard InChI is InChI=1S/C98H174Cl6N2O31/c1-19-31-47-112-59-76(69(13)120-55-39-27-9)130-91(81(127-72(16)107)64-117-52-36-24-6)136-86-79(62-115-50-34-22-4)133-93(84(88(86)122-57-41-29-11)105-95(109)124-67-97(99,100)101)126-71(15)78(61-114-49-33-21-3)132-90(129-75-45-43-74(111-18)44-46-75)83(66-119-54-38-26-8)135-94-85(106-96(110)125-68-98(102,103)104)89(123-58-42-30-12)87(80(134-94)63-116-51-35-23-5)137-92(82(128-73(17)108)65-118-53-37-25-7)131-77(60-113-48-32-20-2)70(14)121-56-40-28-10/h43-46,69-71,76-94H,19-42,47-68H2,1-18H3,(H,105,109)(H,106,110)/t69-,70-,71+,76?,77?,78?,79?,80?,81+,82+,83-,84+,85+,86-,87-,88?,89?,90+,91+,92+,93-,94+/m1/s1. The highest BCUT2D eigenvalue weighted by molar-refractivity contribution is 6.68. The van der Waals surface area contributed by atoms with Crippen molar-refractivity contribution in [3.63, 3.8) is 0 Å². The number of esters is 2. The van der Waals surface area contributed by atoms with Gasteiger partial charge in [-0.25, -0.2) is 9.59 Å². The lowest BCUT2D eigenvalue weighted by atomic mass is 9.95. The molecule has 2 saturated heterocycles. The van der Waals surface area contributed by atoms with Gasteiger partial charge >= 0.3 is 24.1 Å². The number of unbranched alkanes of at least 4 members (excludes halogenated alkanes) is 12. The van der Waals surface area contributed by atoms with Crippen molar-refractivity contribution in [3.05, 3.63) is 24.3 Å². The Morgan fingerprint density at radius 2 is 0.642 bits per heavy atom. The van der Waals surface area contributed by atoms with Gasteiger partial charge in [0.05, 0.1) is 78.3 Å². The van der Waals surface area contributed by atoms with Crippen LogP contribution >= 0.6 is 69.6 Å². The fraction of sp³-hybridized carbons (Fsp3) is 0.898. The van der Waals surface area contributed by atoms with E-state index in [1.807, 2.05) is 69.2 Å². The fourth-order valence-electron chi connectivity index (χ4n) is 13.8. The van der Waals surface area contributed by atoms with Crippen LogP contribution in [0.1, 0.15) is 272 Å². The van der Waals surface area contributed by atoms with Crippen molar-refractivity contribution in [2.75, 3.05) is 152 Å². The van der Waals surface area contributed by atoms with E-state index < -0.39 is 180 Å². The molecule has 0 saturated carbocycles. The number of nitrogens with one attached hydrogen (secondary N) is 2. The summed E-state index contributed by atoms with van der Waals surface area (Å²) in [4.78, 5) is 57.0. The quantitative estimate of drug-likeness (QED) is 0.0201. The molecule has 0 aromatic heterocycles. The van der Waals surface area contributed by atoms with Crippen molar-refractivity contribution in [1.82, 2.24) is 10.6 Å². The van der Waals surface area contributed by atoms with E-state index in [9.17, 15) is 19.2 Å². The van der Waals surface area contributed by atoms with Crippen molar-refractivity contribution in [3.8, 4) is 11.5 Å². The second kappa shape index (κ2) is 78.5. The molecule has 0 bridgehead atoms.